The maximum Gasteiger partial charge on any atom is 0.313 e. The molecule has 2 heterocycles. The highest BCUT2D eigenvalue weighted by Crippen LogP contribution is 2.75. The van der Waals surface area contributed by atoms with Gasteiger partial charge in [0.25, 0.3) is 0 Å². The van der Waals surface area contributed by atoms with Gasteiger partial charge >= 0.3 is 11.9 Å². The molecule has 0 aromatic carbocycles. The fraction of sp³-hybridized carbons (Fsp3) is 0.800. The van der Waals surface area contributed by atoms with Gasteiger partial charge in [-0.2, -0.15) is 0 Å². The summed E-state index contributed by atoms with van der Waals surface area (Å²) < 4.78 is 12.2. The smallest absolute Gasteiger partial charge is 0.313 e. The van der Waals surface area contributed by atoms with Crippen molar-refractivity contribution in [3.05, 3.63) is 22.8 Å². The van der Waals surface area contributed by atoms with Gasteiger partial charge in [-0.15, -0.1) is 0 Å². The zero-order valence-corrected chi connectivity index (χ0v) is 22.9. The minimum atomic E-state index is -1.58. The highest BCUT2D eigenvalue weighted by molar-refractivity contribution is 5.83. The molecule has 2 saturated carbocycles. The van der Waals surface area contributed by atoms with Crippen LogP contribution in [-0.4, -0.2) is 67.5 Å². The summed E-state index contributed by atoms with van der Waals surface area (Å²) >= 11 is 0. The summed E-state index contributed by atoms with van der Waals surface area (Å²) in [5, 5.41) is 45.5. The van der Waals surface area contributed by atoms with Crippen molar-refractivity contribution in [2.75, 3.05) is 0 Å². The molecule has 2 saturated heterocycles. The number of hydrogen-bond donors (Lipinski definition) is 4. The Morgan fingerprint density at radius 2 is 1.63 bits per heavy atom. The van der Waals surface area contributed by atoms with Crippen LogP contribution in [0.3, 0.4) is 0 Å². The van der Waals surface area contributed by atoms with Crippen LogP contribution in [0.1, 0.15) is 73.1 Å². The van der Waals surface area contributed by atoms with Crippen molar-refractivity contribution in [3.8, 4) is 0 Å². The van der Waals surface area contributed by atoms with Crippen LogP contribution < -0.4 is 0 Å². The molecular formula is C30H40O8. The van der Waals surface area contributed by atoms with E-state index in [2.05, 4.69) is 6.92 Å². The van der Waals surface area contributed by atoms with Crippen LogP contribution in [0.4, 0.5) is 0 Å². The first-order valence-electron chi connectivity index (χ1n) is 14.3. The molecule has 0 radical (unpaired) electrons. The minimum Gasteiger partial charge on any atom is -0.461 e. The molecule has 8 nitrogen and oxygen atoms in total. The number of aliphatic hydroxyl groups excluding tert-OH is 1. The van der Waals surface area contributed by atoms with E-state index in [1.807, 2.05) is 13.8 Å². The summed E-state index contributed by atoms with van der Waals surface area (Å²) in [6.07, 6.45) is 2.56. The predicted molar refractivity (Wildman–Crippen MR) is 134 cm³/mol. The van der Waals surface area contributed by atoms with Crippen LogP contribution >= 0.6 is 0 Å². The predicted octanol–water partition coefficient (Wildman–Crippen LogP) is 2.18. The number of carbonyl (C=O) groups is 2. The number of esters is 2. The summed E-state index contributed by atoms with van der Waals surface area (Å²) in [5.74, 6) is -2.02. The summed E-state index contributed by atoms with van der Waals surface area (Å²) in [6.45, 7) is 9.15. The fourth-order valence-corrected chi connectivity index (χ4v) is 10.4. The third kappa shape index (κ3) is 2.76. The Bertz CT molecular complexity index is 1210. The van der Waals surface area contributed by atoms with Crippen molar-refractivity contribution in [1.29, 1.82) is 0 Å². The summed E-state index contributed by atoms with van der Waals surface area (Å²) in [4.78, 5) is 26.8. The molecule has 208 valence electrons. The van der Waals surface area contributed by atoms with Gasteiger partial charge in [-0.05, 0) is 81.4 Å². The van der Waals surface area contributed by atoms with Crippen LogP contribution in [0, 0.1) is 40.4 Å². The molecule has 2 bridgehead atoms. The number of aliphatic hydroxyl groups is 4. The molecule has 13 atom stereocenters. The molecule has 0 amide bonds. The van der Waals surface area contributed by atoms with Gasteiger partial charge in [-0.25, -0.2) is 0 Å². The molecule has 7 rings (SSSR count). The molecule has 1 spiro atoms. The van der Waals surface area contributed by atoms with Gasteiger partial charge in [-0.1, -0.05) is 19.9 Å². The fourth-order valence-electron chi connectivity index (χ4n) is 10.4. The van der Waals surface area contributed by atoms with E-state index >= 15 is 0 Å². The van der Waals surface area contributed by atoms with Crippen molar-refractivity contribution in [2.24, 2.45) is 40.4 Å². The lowest BCUT2D eigenvalue weighted by molar-refractivity contribution is -0.156. The van der Waals surface area contributed by atoms with E-state index in [1.165, 1.54) is 0 Å². The average molecular weight is 529 g/mol. The first kappa shape index (κ1) is 25.2. The monoisotopic (exact) mass is 528 g/mol. The van der Waals surface area contributed by atoms with Gasteiger partial charge in [0.05, 0.1) is 28.5 Å². The van der Waals surface area contributed by atoms with Crippen LogP contribution in [0.5, 0.6) is 0 Å². The van der Waals surface area contributed by atoms with Gasteiger partial charge in [0, 0.05) is 17.8 Å². The van der Waals surface area contributed by atoms with Gasteiger partial charge < -0.3 is 29.9 Å². The van der Waals surface area contributed by atoms with Crippen molar-refractivity contribution in [3.63, 3.8) is 0 Å². The van der Waals surface area contributed by atoms with E-state index in [4.69, 9.17) is 9.47 Å². The lowest BCUT2D eigenvalue weighted by Gasteiger charge is -2.45. The third-order valence-corrected chi connectivity index (χ3v) is 12.2. The highest BCUT2D eigenvalue weighted by Gasteiger charge is 2.76. The Labute approximate surface area is 223 Å². The number of hydrogen-bond acceptors (Lipinski definition) is 8. The number of carbonyl (C=O) groups excluding carboxylic acids is 2. The molecule has 2 aliphatic heterocycles. The minimum absolute atomic E-state index is 0.00706. The van der Waals surface area contributed by atoms with Crippen molar-refractivity contribution >= 4 is 11.9 Å². The van der Waals surface area contributed by atoms with Crippen molar-refractivity contribution in [2.45, 2.75) is 108 Å². The van der Waals surface area contributed by atoms with Crippen molar-refractivity contribution < 1.29 is 39.5 Å². The molecule has 4 fully saturated rings. The Balaban J connectivity index is 1.38. The molecule has 7 unspecified atom stereocenters. The summed E-state index contributed by atoms with van der Waals surface area (Å²) in [5.41, 5.74) is -2.92. The molecule has 5 aliphatic carbocycles. The molecule has 38 heavy (non-hydrogen) atoms. The maximum atomic E-state index is 14.1. The highest BCUT2D eigenvalue weighted by atomic mass is 16.6. The largest absolute Gasteiger partial charge is 0.461 e. The Morgan fingerprint density at radius 1 is 0.947 bits per heavy atom. The van der Waals surface area contributed by atoms with Crippen LogP contribution in [0.15, 0.2) is 22.8 Å². The van der Waals surface area contributed by atoms with E-state index in [1.54, 1.807) is 19.9 Å². The summed E-state index contributed by atoms with van der Waals surface area (Å²) in [6, 6.07) is 0. The molecule has 8 heteroatoms. The molecule has 7 aliphatic rings. The lowest BCUT2D eigenvalue weighted by atomic mass is 9.57. The maximum absolute atomic E-state index is 14.1. The van der Waals surface area contributed by atoms with Crippen LogP contribution in [0.2, 0.25) is 0 Å². The number of ether oxygens (including phenoxy) is 2. The Kier molecular flexibility index (Phi) is 4.73. The van der Waals surface area contributed by atoms with Crippen LogP contribution in [0.25, 0.3) is 0 Å². The molecule has 0 aromatic heterocycles. The van der Waals surface area contributed by atoms with Gasteiger partial charge in [0.2, 0.25) is 0 Å². The lowest BCUT2D eigenvalue weighted by Crippen LogP contribution is -2.50. The van der Waals surface area contributed by atoms with E-state index in [0.717, 1.165) is 11.1 Å². The Morgan fingerprint density at radius 3 is 2.34 bits per heavy atom. The molecule has 0 aromatic rings. The van der Waals surface area contributed by atoms with E-state index in [-0.39, 0.29) is 41.7 Å². The van der Waals surface area contributed by atoms with E-state index < -0.39 is 45.8 Å². The molecule has 4 N–H and O–H groups in total. The van der Waals surface area contributed by atoms with Gasteiger partial charge in [0.1, 0.15) is 23.9 Å². The first-order chi connectivity index (χ1) is 17.6. The van der Waals surface area contributed by atoms with E-state index in [9.17, 15) is 30.0 Å². The number of fused-ring (bicyclic) bond motifs is 11. The van der Waals surface area contributed by atoms with E-state index in [0.29, 0.717) is 44.1 Å². The SMILES string of the molecule is C[C@@H]1C(=O)O[C@@H]2C3=C(C4CC3(C)CC43C(=O)O[C@@H]4C5C(=CC(O)C5(C)O)C(C)(O)CC[C@H]43)[C@@](C)(O)CC[C@@H]12. The standard InChI is InChI=1S/C30H40O8/c1-13-14-6-8-28(4,35)19-17-11-26(2,21(19)22(14)37-24(13)32)12-30(17)15-7-9-27(3,34)16-10-18(31)29(5,36)20(16)23(15)38-25(30)33/h10,13-15,17-18,20,22-23,31,34-36H,6-9,11-12H2,1-5H3/t13-,14-,15+,17?,18?,20?,22-,23-,26?,27?,28-,29?,30?/m0/s1. The summed E-state index contributed by atoms with van der Waals surface area (Å²) in [7, 11) is 0. The zero-order chi connectivity index (χ0) is 27.4. The molecular weight excluding hydrogens is 488 g/mol. The first-order valence-corrected chi connectivity index (χ1v) is 14.3. The third-order valence-electron chi connectivity index (χ3n) is 12.2. The second kappa shape index (κ2) is 7.12. The quantitative estimate of drug-likeness (QED) is 0.278. The zero-order valence-electron chi connectivity index (χ0n) is 22.9. The normalized spacial score (nSPS) is 58.6. The average Bonchev–Trinajstić information content (AvgIpc) is 3.48. The number of rotatable bonds is 0. The Hall–Kier alpha value is -1.74. The topological polar surface area (TPSA) is 134 Å². The second-order valence-corrected chi connectivity index (χ2v) is 14.5. The van der Waals surface area contributed by atoms with Gasteiger partial charge in [0.15, 0.2) is 0 Å². The second-order valence-electron chi connectivity index (χ2n) is 14.5. The van der Waals surface area contributed by atoms with Crippen molar-refractivity contribution in [1.82, 2.24) is 0 Å². The van der Waals surface area contributed by atoms with Gasteiger partial charge in [-0.3, -0.25) is 9.59 Å². The van der Waals surface area contributed by atoms with Crippen LogP contribution in [-0.2, 0) is 19.1 Å².